The lowest BCUT2D eigenvalue weighted by Crippen LogP contribution is -2.22. The van der Waals surface area contributed by atoms with Crippen molar-refractivity contribution in [3.05, 3.63) is 35.8 Å². The van der Waals surface area contributed by atoms with Crippen LogP contribution in [0.25, 0.3) is 5.69 Å². The Morgan fingerprint density at radius 3 is 2.88 bits per heavy atom. The van der Waals surface area contributed by atoms with Crippen LogP contribution in [0.2, 0.25) is 0 Å². The Morgan fingerprint density at radius 2 is 2.20 bits per heavy atom. The van der Waals surface area contributed by atoms with Crippen LogP contribution in [0.5, 0.6) is 5.75 Å². The number of amides is 1. The van der Waals surface area contributed by atoms with Crippen molar-refractivity contribution < 1.29 is 9.53 Å². The maximum Gasteiger partial charge on any atom is 0.239 e. The highest BCUT2D eigenvalue weighted by molar-refractivity contribution is 8.00. The molecule has 0 aliphatic heterocycles. The van der Waals surface area contributed by atoms with Crippen molar-refractivity contribution >= 4 is 34.1 Å². The van der Waals surface area contributed by atoms with Gasteiger partial charge in [0.1, 0.15) is 5.75 Å². The van der Waals surface area contributed by atoms with Gasteiger partial charge in [0.15, 0.2) is 5.13 Å². The molecule has 0 radical (unpaired) electrons. The summed E-state index contributed by atoms with van der Waals surface area (Å²) in [6.07, 6.45) is 1.64. The van der Waals surface area contributed by atoms with E-state index in [9.17, 15) is 4.79 Å². The number of nitrogens with zero attached hydrogens (tertiary/aromatic N) is 5. The second-order valence-electron chi connectivity index (χ2n) is 4.89. The molecule has 0 spiro atoms. The summed E-state index contributed by atoms with van der Waals surface area (Å²) in [5, 5.41) is 17.0. The van der Waals surface area contributed by atoms with Crippen molar-refractivity contribution in [2.24, 2.45) is 0 Å². The summed E-state index contributed by atoms with van der Waals surface area (Å²) >= 11 is 2.65. The van der Waals surface area contributed by atoms with Crippen molar-refractivity contribution in [3.63, 3.8) is 0 Å². The van der Waals surface area contributed by atoms with E-state index in [0.717, 1.165) is 11.4 Å². The van der Waals surface area contributed by atoms with Crippen LogP contribution in [0.1, 0.15) is 13.8 Å². The molecule has 1 N–H and O–H groups in total. The standard InChI is InChI=1S/C15H16N6O2S2/c1-3-23-12-6-4-11(5-7-12)21-15(18-19-20-21)25-10(2)13(22)17-14-16-8-9-24-14/h4-10H,3H2,1-2H3,(H,16,17,22)/t10-/m1/s1. The highest BCUT2D eigenvalue weighted by Crippen LogP contribution is 2.25. The SMILES string of the molecule is CCOc1ccc(-n2nnnc2S[C@H](C)C(=O)Nc2nccs2)cc1. The van der Waals surface area contributed by atoms with Gasteiger partial charge >= 0.3 is 0 Å². The topological polar surface area (TPSA) is 94.8 Å². The Bertz CT molecular complexity index is 819. The van der Waals surface area contributed by atoms with Gasteiger partial charge in [0, 0.05) is 11.6 Å². The van der Waals surface area contributed by atoms with Gasteiger partial charge in [-0.15, -0.1) is 16.4 Å². The second-order valence-corrected chi connectivity index (χ2v) is 7.09. The molecule has 0 unspecified atom stereocenters. The number of hydrogen-bond acceptors (Lipinski definition) is 8. The monoisotopic (exact) mass is 376 g/mol. The fourth-order valence-corrected chi connectivity index (χ4v) is 3.31. The van der Waals surface area contributed by atoms with E-state index in [1.807, 2.05) is 31.2 Å². The second kappa shape index (κ2) is 8.08. The lowest BCUT2D eigenvalue weighted by molar-refractivity contribution is -0.115. The number of hydrogen-bond donors (Lipinski definition) is 1. The molecule has 8 nitrogen and oxygen atoms in total. The number of nitrogens with one attached hydrogen (secondary N) is 1. The molecule has 1 aromatic carbocycles. The van der Waals surface area contributed by atoms with Crippen LogP contribution in [0, 0.1) is 0 Å². The van der Waals surface area contributed by atoms with Crippen LogP contribution in [0.4, 0.5) is 5.13 Å². The number of aromatic nitrogens is 5. The van der Waals surface area contributed by atoms with Crippen molar-refractivity contribution in [1.82, 2.24) is 25.2 Å². The maximum atomic E-state index is 12.2. The Morgan fingerprint density at radius 1 is 1.40 bits per heavy atom. The van der Waals surface area contributed by atoms with E-state index < -0.39 is 0 Å². The molecule has 0 fully saturated rings. The molecule has 0 saturated carbocycles. The van der Waals surface area contributed by atoms with Crippen molar-refractivity contribution in [2.45, 2.75) is 24.3 Å². The van der Waals surface area contributed by atoms with E-state index in [4.69, 9.17) is 4.74 Å². The molecule has 10 heteroatoms. The van der Waals surface area contributed by atoms with Gasteiger partial charge in [-0.1, -0.05) is 11.8 Å². The van der Waals surface area contributed by atoms with Crippen LogP contribution in [0.15, 0.2) is 41.0 Å². The third-order valence-electron chi connectivity index (χ3n) is 3.15. The summed E-state index contributed by atoms with van der Waals surface area (Å²) in [6, 6.07) is 7.44. The fraction of sp³-hybridized carbons (Fsp3) is 0.267. The molecule has 0 aliphatic rings. The molecule has 2 aromatic heterocycles. The van der Waals surface area contributed by atoms with Gasteiger partial charge in [0.05, 0.1) is 17.5 Å². The molecule has 1 amide bonds. The zero-order chi connectivity index (χ0) is 17.6. The van der Waals surface area contributed by atoms with Gasteiger partial charge in [-0.05, 0) is 48.5 Å². The zero-order valence-electron chi connectivity index (χ0n) is 13.6. The van der Waals surface area contributed by atoms with Crippen LogP contribution >= 0.6 is 23.1 Å². The first-order chi connectivity index (χ1) is 12.2. The Kier molecular flexibility index (Phi) is 5.61. The largest absolute Gasteiger partial charge is 0.494 e. The van der Waals surface area contributed by atoms with Gasteiger partial charge in [-0.3, -0.25) is 4.79 Å². The van der Waals surface area contributed by atoms with Gasteiger partial charge in [-0.2, -0.15) is 4.68 Å². The van der Waals surface area contributed by atoms with E-state index in [1.54, 1.807) is 23.2 Å². The van der Waals surface area contributed by atoms with E-state index in [1.165, 1.54) is 23.1 Å². The average molecular weight is 376 g/mol. The first-order valence-corrected chi connectivity index (χ1v) is 9.32. The van der Waals surface area contributed by atoms with Crippen molar-refractivity contribution in [1.29, 1.82) is 0 Å². The summed E-state index contributed by atoms with van der Waals surface area (Å²) in [7, 11) is 0. The molecule has 0 bridgehead atoms. The smallest absolute Gasteiger partial charge is 0.239 e. The highest BCUT2D eigenvalue weighted by Gasteiger charge is 2.20. The molecule has 1 atom stereocenters. The number of thiazole rings is 1. The Hall–Kier alpha value is -2.46. The third kappa shape index (κ3) is 4.34. The van der Waals surface area contributed by atoms with Gasteiger partial charge in [0.25, 0.3) is 0 Å². The van der Waals surface area contributed by atoms with Gasteiger partial charge in [-0.25, -0.2) is 4.98 Å². The lowest BCUT2D eigenvalue weighted by Gasteiger charge is -2.10. The molecule has 3 aromatic rings. The molecule has 0 saturated heterocycles. The number of carbonyl (C=O) groups is 1. The molecule has 130 valence electrons. The van der Waals surface area contributed by atoms with Crippen LogP contribution in [0.3, 0.4) is 0 Å². The molecule has 3 rings (SSSR count). The Balaban J connectivity index is 1.69. The van der Waals surface area contributed by atoms with Crippen molar-refractivity contribution in [2.75, 3.05) is 11.9 Å². The van der Waals surface area contributed by atoms with Crippen LogP contribution in [-0.2, 0) is 4.79 Å². The number of benzene rings is 1. The number of anilines is 1. The van der Waals surface area contributed by atoms with Gasteiger partial charge < -0.3 is 10.1 Å². The molecule has 25 heavy (non-hydrogen) atoms. The van der Waals surface area contributed by atoms with E-state index in [0.29, 0.717) is 16.9 Å². The molecule has 2 heterocycles. The molecule has 0 aliphatic carbocycles. The maximum absolute atomic E-state index is 12.2. The number of tetrazole rings is 1. The summed E-state index contributed by atoms with van der Waals surface area (Å²) < 4.78 is 7.02. The minimum absolute atomic E-state index is 0.152. The van der Waals surface area contributed by atoms with Crippen LogP contribution in [-0.4, -0.2) is 43.0 Å². The van der Waals surface area contributed by atoms with E-state index >= 15 is 0 Å². The first-order valence-electron chi connectivity index (χ1n) is 7.56. The van der Waals surface area contributed by atoms with Crippen molar-refractivity contribution in [3.8, 4) is 11.4 Å². The zero-order valence-corrected chi connectivity index (χ0v) is 15.3. The lowest BCUT2D eigenvalue weighted by atomic mass is 10.3. The quantitative estimate of drug-likeness (QED) is 0.633. The van der Waals surface area contributed by atoms with E-state index in [-0.39, 0.29) is 11.2 Å². The fourth-order valence-electron chi connectivity index (χ4n) is 1.97. The normalized spacial score (nSPS) is 11.9. The van der Waals surface area contributed by atoms with E-state index in [2.05, 4.69) is 25.8 Å². The highest BCUT2D eigenvalue weighted by atomic mass is 32.2. The molecular weight excluding hydrogens is 360 g/mol. The van der Waals surface area contributed by atoms with Gasteiger partial charge in [0.2, 0.25) is 11.1 Å². The molecular formula is C15H16N6O2S2. The minimum atomic E-state index is -0.378. The number of carbonyl (C=O) groups excluding carboxylic acids is 1. The summed E-state index contributed by atoms with van der Waals surface area (Å²) in [5.74, 6) is 0.630. The summed E-state index contributed by atoms with van der Waals surface area (Å²) in [6.45, 7) is 4.34. The first kappa shape index (κ1) is 17.4. The number of thioether (sulfide) groups is 1. The summed E-state index contributed by atoms with van der Waals surface area (Å²) in [5.41, 5.74) is 0.795. The predicted molar refractivity (Wildman–Crippen MR) is 96.4 cm³/mol. The predicted octanol–water partition coefficient (Wildman–Crippen LogP) is 2.64. The number of ether oxygens (including phenoxy) is 1. The minimum Gasteiger partial charge on any atom is -0.494 e. The summed E-state index contributed by atoms with van der Waals surface area (Å²) in [4.78, 5) is 16.3. The average Bonchev–Trinajstić information content (AvgIpc) is 3.28. The number of rotatable bonds is 7. The van der Waals surface area contributed by atoms with Crippen LogP contribution < -0.4 is 10.1 Å². The third-order valence-corrected chi connectivity index (χ3v) is 4.87. The Labute approximate surface area is 152 Å².